The van der Waals surface area contributed by atoms with E-state index in [1.807, 2.05) is 38.1 Å². The second kappa shape index (κ2) is 6.95. The molecule has 0 heterocycles. The van der Waals surface area contributed by atoms with Gasteiger partial charge in [0.25, 0.3) is 0 Å². The molecule has 0 bridgehead atoms. The van der Waals surface area contributed by atoms with Gasteiger partial charge < -0.3 is 14.4 Å². The monoisotopic (exact) mass is 263 g/mol. The van der Waals surface area contributed by atoms with Crippen LogP contribution in [0.2, 0.25) is 0 Å². The highest BCUT2D eigenvalue weighted by molar-refractivity contribution is 5.96. The zero-order valence-corrected chi connectivity index (χ0v) is 12.2. The molecule has 0 saturated carbocycles. The van der Waals surface area contributed by atoms with Gasteiger partial charge >= 0.3 is 5.97 Å². The fourth-order valence-corrected chi connectivity index (χ4v) is 1.89. The number of allylic oxidation sites excluding steroid dienone is 1. The maximum absolute atomic E-state index is 11.9. The Hall–Kier alpha value is -1.81. The van der Waals surface area contributed by atoms with E-state index in [2.05, 4.69) is 0 Å². The first-order valence-electron chi connectivity index (χ1n) is 6.07. The van der Waals surface area contributed by atoms with E-state index in [-0.39, 0.29) is 5.97 Å². The lowest BCUT2D eigenvalue weighted by molar-refractivity contribution is -0.138. The number of esters is 1. The number of benzene rings is 1. The molecule has 0 radical (unpaired) electrons. The largest absolute Gasteiger partial charge is 0.464 e. The lowest BCUT2D eigenvalue weighted by atomic mass is 10.0. The Morgan fingerprint density at radius 3 is 2.26 bits per heavy atom. The molecule has 0 saturated heterocycles. The third-order valence-electron chi connectivity index (χ3n) is 2.92. The van der Waals surface area contributed by atoms with Crippen LogP contribution in [0.3, 0.4) is 0 Å². The van der Waals surface area contributed by atoms with Crippen molar-refractivity contribution in [2.75, 3.05) is 28.0 Å². The van der Waals surface area contributed by atoms with Crippen LogP contribution in [0.5, 0.6) is 0 Å². The number of aryl methyl sites for hydroxylation is 1. The average molecular weight is 263 g/mol. The van der Waals surface area contributed by atoms with E-state index in [1.165, 1.54) is 12.7 Å². The molecule has 0 aromatic heterocycles. The summed E-state index contributed by atoms with van der Waals surface area (Å²) in [5, 5.41) is 0. The molecule has 0 unspecified atom stereocenters. The molecular formula is C15H21NO3. The van der Waals surface area contributed by atoms with Crippen molar-refractivity contribution in [1.82, 2.24) is 4.90 Å². The maximum Gasteiger partial charge on any atom is 0.354 e. The third-order valence-corrected chi connectivity index (χ3v) is 2.92. The number of methoxy groups -OCH3 is 2. The van der Waals surface area contributed by atoms with Crippen LogP contribution in [0.1, 0.15) is 18.1 Å². The average Bonchev–Trinajstić information content (AvgIpc) is 2.39. The van der Waals surface area contributed by atoms with Gasteiger partial charge in [-0.1, -0.05) is 29.8 Å². The van der Waals surface area contributed by atoms with Gasteiger partial charge in [0.1, 0.15) is 12.4 Å². The summed E-state index contributed by atoms with van der Waals surface area (Å²) in [5.41, 5.74) is 3.55. The van der Waals surface area contributed by atoms with E-state index in [4.69, 9.17) is 9.47 Å². The van der Waals surface area contributed by atoms with Crippen LogP contribution in [0.15, 0.2) is 30.0 Å². The fraction of sp³-hybridized carbons (Fsp3) is 0.400. The summed E-state index contributed by atoms with van der Waals surface area (Å²) < 4.78 is 9.92. The van der Waals surface area contributed by atoms with Gasteiger partial charge in [-0.25, -0.2) is 4.79 Å². The van der Waals surface area contributed by atoms with Crippen LogP contribution in [-0.2, 0) is 14.3 Å². The topological polar surface area (TPSA) is 38.8 Å². The second-order valence-corrected chi connectivity index (χ2v) is 4.45. The molecule has 0 N–H and O–H groups in total. The Morgan fingerprint density at radius 1 is 1.21 bits per heavy atom. The molecule has 0 aliphatic rings. The van der Waals surface area contributed by atoms with Crippen molar-refractivity contribution in [2.45, 2.75) is 13.8 Å². The fourth-order valence-electron chi connectivity index (χ4n) is 1.89. The highest BCUT2D eigenvalue weighted by atomic mass is 16.5. The Morgan fingerprint density at radius 2 is 1.79 bits per heavy atom. The van der Waals surface area contributed by atoms with Gasteiger partial charge in [-0.15, -0.1) is 0 Å². The van der Waals surface area contributed by atoms with E-state index in [9.17, 15) is 4.79 Å². The Bertz CT molecular complexity index is 463. The van der Waals surface area contributed by atoms with Crippen LogP contribution < -0.4 is 0 Å². The standard InChI is InChI=1S/C15H21NO3/c1-11-6-8-13(9-7-11)12(2)14(15(17)19-5)16(3)10-18-4/h6-9H,10H2,1-5H3/b14-12+. The number of carbonyl (C=O) groups is 1. The molecule has 0 fully saturated rings. The van der Waals surface area contributed by atoms with Crippen molar-refractivity contribution in [3.8, 4) is 0 Å². The highest BCUT2D eigenvalue weighted by Gasteiger charge is 2.18. The molecule has 0 aliphatic carbocycles. The number of nitrogens with zero attached hydrogens (tertiary/aromatic N) is 1. The van der Waals surface area contributed by atoms with Crippen LogP contribution in [-0.4, -0.2) is 38.9 Å². The molecule has 0 atom stereocenters. The molecular weight excluding hydrogens is 242 g/mol. The summed E-state index contributed by atoms with van der Waals surface area (Å²) in [5.74, 6) is -0.363. The second-order valence-electron chi connectivity index (χ2n) is 4.45. The molecule has 4 heteroatoms. The first-order chi connectivity index (χ1) is 9.01. The number of hydrogen-bond donors (Lipinski definition) is 0. The van der Waals surface area contributed by atoms with Crippen molar-refractivity contribution in [2.24, 2.45) is 0 Å². The predicted octanol–water partition coefficient (Wildman–Crippen LogP) is 2.43. The van der Waals surface area contributed by atoms with Gasteiger partial charge in [0, 0.05) is 14.2 Å². The Kier molecular flexibility index (Phi) is 5.57. The van der Waals surface area contributed by atoms with E-state index >= 15 is 0 Å². The van der Waals surface area contributed by atoms with Crippen molar-refractivity contribution >= 4 is 11.5 Å². The van der Waals surface area contributed by atoms with E-state index in [0.717, 1.165) is 11.1 Å². The Balaban J connectivity index is 3.22. The van der Waals surface area contributed by atoms with Gasteiger partial charge in [-0.3, -0.25) is 0 Å². The minimum atomic E-state index is -0.363. The molecule has 1 aromatic carbocycles. The molecule has 0 amide bonds. The maximum atomic E-state index is 11.9. The van der Waals surface area contributed by atoms with Crippen LogP contribution >= 0.6 is 0 Å². The van der Waals surface area contributed by atoms with Crippen molar-refractivity contribution in [1.29, 1.82) is 0 Å². The molecule has 4 nitrogen and oxygen atoms in total. The number of ether oxygens (including phenoxy) is 2. The zero-order chi connectivity index (χ0) is 14.4. The van der Waals surface area contributed by atoms with Gasteiger partial charge in [0.2, 0.25) is 0 Å². The van der Waals surface area contributed by atoms with Crippen molar-refractivity contribution in [3.05, 3.63) is 41.1 Å². The molecule has 0 spiro atoms. The van der Waals surface area contributed by atoms with Crippen LogP contribution in [0, 0.1) is 6.92 Å². The minimum Gasteiger partial charge on any atom is -0.464 e. The van der Waals surface area contributed by atoms with Gasteiger partial charge in [-0.05, 0) is 25.0 Å². The molecule has 1 aromatic rings. The summed E-state index contributed by atoms with van der Waals surface area (Å²) in [6.45, 7) is 4.26. The number of rotatable bonds is 5. The lowest BCUT2D eigenvalue weighted by Crippen LogP contribution is -2.27. The summed E-state index contributed by atoms with van der Waals surface area (Å²) in [6, 6.07) is 8.02. The normalized spacial score (nSPS) is 11.8. The van der Waals surface area contributed by atoms with Gasteiger partial charge in [0.05, 0.1) is 7.11 Å². The minimum absolute atomic E-state index is 0.327. The predicted molar refractivity (Wildman–Crippen MR) is 75.4 cm³/mol. The summed E-state index contributed by atoms with van der Waals surface area (Å²) >= 11 is 0. The van der Waals surface area contributed by atoms with Crippen molar-refractivity contribution < 1.29 is 14.3 Å². The molecule has 19 heavy (non-hydrogen) atoms. The first kappa shape index (κ1) is 15.2. The molecule has 0 aliphatic heterocycles. The van der Waals surface area contributed by atoms with E-state index in [0.29, 0.717) is 12.4 Å². The summed E-state index contributed by atoms with van der Waals surface area (Å²) in [4.78, 5) is 13.7. The van der Waals surface area contributed by atoms with E-state index < -0.39 is 0 Å². The number of carbonyl (C=O) groups excluding carboxylic acids is 1. The highest BCUT2D eigenvalue weighted by Crippen LogP contribution is 2.21. The van der Waals surface area contributed by atoms with Crippen LogP contribution in [0.4, 0.5) is 0 Å². The molecule has 104 valence electrons. The van der Waals surface area contributed by atoms with Crippen molar-refractivity contribution in [3.63, 3.8) is 0 Å². The van der Waals surface area contributed by atoms with Crippen LogP contribution in [0.25, 0.3) is 5.57 Å². The molecule has 1 rings (SSSR count). The number of likely N-dealkylation sites (N-methyl/N-ethyl adjacent to an activating group) is 1. The third kappa shape index (κ3) is 3.83. The lowest BCUT2D eigenvalue weighted by Gasteiger charge is -2.22. The quantitative estimate of drug-likeness (QED) is 0.464. The smallest absolute Gasteiger partial charge is 0.354 e. The zero-order valence-electron chi connectivity index (χ0n) is 12.2. The van der Waals surface area contributed by atoms with Gasteiger partial charge in [0.15, 0.2) is 0 Å². The SMILES string of the molecule is COCN(C)/C(C(=O)OC)=C(\C)c1ccc(C)cc1. The van der Waals surface area contributed by atoms with E-state index in [1.54, 1.807) is 19.1 Å². The summed E-state index contributed by atoms with van der Waals surface area (Å²) in [6.07, 6.45) is 0. The first-order valence-corrected chi connectivity index (χ1v) is 6.07. The Labute approximate surface area is 114 Å². The summed E-state index contributed by atoms with van der Waals surface area (Å²) in [7, 11) is 4.77. The number of hydrogen-bond acceptors (Lipinski definition) is 4. The van der Waals surface area contributed by atoms with Gasteiger partial charge in [-0.2, -0.15) is 0 Å².